The first kappa shape index (κ1) is 19.1. The number of ether oxygens (including phenoxy) is 1. The summed E-state index contributed by atoms with van der Waals surface area (Å²) in [6, 6.07) is 12.6. The summed E-state index contributed by atoms with van der Waals surface area (Å²) < 4.78 is 32.2. The topological polar surface area (TPSA) is 55.4 Å². The Bertz CT molecular complexity index is 757. The monoisotopic (exact) mass is 387 g/mol. The maximum Gasteiger partial charge on any atom is 0.216 e. The summed E-state index contributed by atoms with van der Waals surface area (Å²) in [5.74, 6) is 0.442. The molecule has 0 radical (unpaired) electrons. The van der Waals surface area contributed by atoms with Gasteiger partial charge in [0, 0.05) is 22.2 Å². The van der Waals surface area contributed by atoms with Crippen LogP contribution in [0.25, 0.3) is 0 Å². The van der Waals surface area contributed by atoms with Gasteiger partial charge in [0.05, 0.1) is 5.75 Å². The molecule has 0 saturated heterocycles. The number of hydrogen-bond acceptors (Lipinski definition) is 3. The van der Waals surface area contributed by atoms with Crippen molar-refractivity contribution in [2.45, 2.75) is 19.1 Å². The fraction of sp³-hybridized carbons (Fsp3) is 0.294. The van der Waals surface area contributed by atoms with E-state index in [1.165, 1.54) is 5.56 Å². The normalized spacial score (nSPS) is 11.5. The van der Waals surface area contributed by atoms with Crippen molar-refractivity contribution in [1.82, 2.24) is 4.72 Å². The Hall–Kier alpha value is -1.27. The average molecular weight is 388 g/mol. The Morgan fingerprint density at radius 1 is 1.04 bits per heavy atom. The number of halogens is 2. The molecule has 0 bridgehead atoms. The zero-order valence-electron chi connectivity index (χ0n) is 13.3. The van der Waals surface area contributed by atoms with Crippen LogP contribution in [-0.2, 0) is 22.2 Å². The lowest BCUT2D eigenvalue weighted by molar-refractivity contribution is 0.322. The van der Waals surface area contributed by atoms with E-state index in [-0.39, 0.29) is 18.9 Å². The Morgan fingerprint density at radius 2 is 1.67 bits per heavy atom. The highest BCUT2D eigenvalue weighted by Crippen LogP contribution is 2.25. The van der Waals surface area contributed by atoms with Crippen LogP contribution in [0.1, 0.15) is 18.1 Å². The smallest absolute Gasteiger partial charge is 0.216 e. The van der Waals surface area contributed by atoms with Crippen LogP contribution >= 0.6 is 23.2 Å². The van der Waals surface area contributed by atoms with Gasteiger partial charge in [-0.2, -0.15) is 0 Å². The van der Waals surface area contributed by atoms with Gasteiger partial charge >= 0.3 is 0 Å². The number of rotatable bonds is 8. The number of aryl methyl sites for hydroxylation is 1. The van der Waals surface area contributed by atoms with Gasteiger partial charge in [-0.25, -0.2) is 13.1 Å². The zero-order chi connectivity index (χ0) is 17.6. The minimum atomic E-state index is -3.54. The molecule has 0 fully saturated rings. The van der Waals surface area contributed by atoms with Crippen molar-refractivity contribution in [2.75, 3.05) is 13.2 Å². The van der Waals surface area contributed by atoms with Gasteiger partial charge in [-0.15, -0.1) is 0 Å². The van der Waals surface area contributed by atoms with Crippen LogP contribution in [-0.4, -0.2) is 21.6 Å². The minimum Gasteiger partial charge on any atom is -0.492 e. The third-order valence-electron chi connectivity index (χ3n) is 3.42. The van der Waals surface area contributed by atoms with Crippen LogP contribution in [0.3, 0.4) is 0 Å². The summed E-state index contributed by atoms with van der Waals surface area (Å²) in [4.78, 5) is 0. The van der Waals surface area contributed by atoms with Crippen LogP contribution in [0.2, 0.25) is 10.0 Å². The van der Waals surface area contributed by atoms with Crippen LogP contribution < -0.4 is 9.46 Å². The van der Waals surface area contributed by atoms with Gasteiger partial charge in [0.1, 0.15) is 12.4 Å². The molecule has 0 saturated carbocycles. The molecule has 0 aliphatic heterocycles. The quantitative estimate of drug-likeness (QED) is 0.694. The molecule has 7 heteroatoms. The predicted octanol–water partition coefficient (Wildman–Crippen LogP) is 4.05. The van der Waals surface area contributed by atoms with Crippen molar-refractivity contribution in [3.8, 4) is 5.75 Å². The van der Waals surface area contributed by atoms with Gasteiger partial charge in [0.2, 0.25) is 10.0 Å². The molecular formula is C17H19Cl2NO3S. The van der Waals surface area contributed by atoms with Gasteiger partial charge in [0.15, 0.2) is 0 Å². The standard InChI is InChI=1S/C17H19Cl2NO3S/c1-2-13-6-8-14(9-7-13)23-11-10-20-24(21,22)12-15-16(18)4-3-5-17(15)19/h3-9,20H,2,10-12H2,1H3. The number of nitrogens with one attached hydrogen (secondary N) is 1. The van der Waals surface area contributed by atoms with E-state index in [9.17, 15) is 8.42 Å². The summed E-state index contributed by atoms with van der Waals surface area (Å²) in [6.07, 6.45) is 0.963. The highest BCUT2D eigenvalue weighted by molar-refractivity contribution is 7.88. The molecule has 0 aliphatic rings. The van der Waals surface area contributed by atoms with Crippen LogP contribution in [0, 0.1) is 0 Å². The second-order valence-corrected chi connectivity index (χ2v) is 7.82. The van der Waals surface area contributed by atoms with Crippen molar-refractivity contribution >= 4 is 33.2 Å². The molecule has 2 aromatic carbocycles. The number of sulfonamides is 1. The third kappa shape index (κ3) is 5.67. The van der Waals surface area contributed by atoms with Gasteiger partial charge in [-0.3, -0.25) is 0 Å². The summed E-state index contributed by atoms with van der Waals surface area (Å²) >= 11 is 12.0. The van der Waals surface area contributed by atoms with E-state index in [0.29, 0.717) is 21.4 Å². The van der Waals surface area contributed by atoms with Crippen LogP contribution in [0.15, 0.2) is 42.5 Å². The molecule has 0 aromatic heterocycles. The van der Waals surface area contributed by atoms with E-state index < -0.39 is 10.0 Å². The molecule has 0 heterocycles. The first-order valence-corrected chi connectivity index (χ1v) is 9.94. The van der Waals surface area contributed by atoms with Crippen molar-refractivity contribution in [1.29, 1.82) is 0 Å². The van der Waals surface area contributed by atoms with Gasteiger partial charge < -0.3 is 4.74 Å². The summed E-state index contributed by atoms with van der Waals surface area (Å²) in [7, 11) is -3.54. The Morgan fingerprint density at radius 3 is 2.25 bits per heavy atom. The SMILES string of the molecule is CCc1ccc(OCCNS(=O)(=O)Cc2c(Cl)cccc2Cl)cc1. The summed E-state index contributed by atoms with van der Waals surface area (Å²) in [6.45, 7) is 2.48. The predicted molar refractivity (Wildman–Crippen MR) is 98.4 cm³/mol. The highest BCUT2D eigenvalue weighted by Gasteiger charge is 2.16. The van der Waals surface area contributed by atoms with Crippen molar-refractivity contribution in [3.05, 3.63) is 63.6 Å². The molecule has 0 spiro atoms. The maximum absolute atomic E-state index is 12.1. The van der Waals surface area contributed by atoms with Crippen molar-refractivity contribution in [2.24, 2.45) is 0 Å². The highest BCUT2D eigenvalue weighted by atomic mass is 35.5. The van der Waals surface area contributed by atoms with E-state index in [2.05, 4.69) is 11.6 Å². The molecule has 0 aliphatic carbocycles. The lowest BCUT2D eigenvalue weighted by atomic mass is 10.2. The molecule has 4 nitrogen and oxygen atoms in total. The molecule has 0 atom stereocenters. The van der Waals surface area contributed by atoms with E-state index in [4.69, 9.17) is 27.9 Å². The van der Waals surface area contributed by atoms with Crippen LogP contribution in [0.4, 0.5) is 0 Å². The Labute approximate surface area is 152 Å². The second kappa shape index (κ2) is 8.72. The van der Waals surface area contributed by atoms with E-state index >= 15 is 0 Å². The lowest BCUT2D eigenvalue weighted by Gasteiger charge is -2.10. The fourth-order valence-corrected chi connectivity index (χ4v) is 3.98. The third-order valence-corrected chi connectivity index (χ3v) is 5.44. The van der Waals surface area contributed by atoms with Gasteiger partial charge in [-0.05, 0) is 36.2 Å². The first-order chi connectivity index (χ1) is 11.4. The molecule has 1 N–H and O–H groups in total. The molecule has 2 aromatic rings. The minimum absolute atomic E-state index is 0.167. The van der Waals surface area contributed by atoms with E-state index in [1.54, 1.807) is 18.2 Å². The van der Waals surface area contributed by atoms with E-state index in [0.717, 1.165) is 6.42 Å². The Kier molecular flexibility index (Phi) is 6.92. The molecule has 0 unspecified atom stereocenters. The second-order valence-electron chi connectivity index (χ2n) is 5.20. The molecule has 130 valence electrons. The van der Waals surface area contributed by atoms with Crippen LogP contribution in [0.5, 0.6) is 5.75 Å². The van der Waals surface area contributed by atoms with Gasteiger partial charge in [0.25, 0.3) is 0 Å². The lowest BCUT2D eigenvalue weighted by Crippen LogP contribution is -2.29. The average Bonchev–Trinajstić information content (AvgIpc) is 2.56. The molecule has 2 rings (SSSR count). The first-order valence-electron chi connectivity index (χ1n) is 7.53. The van der Waals surface area contributed by atoms with Crippen molar-refractivity contribution in [3.63, 3.8) is 0 Å². The summed E-state index contributed by atoms with van der Waals surface area (Å²) in [5, 5.41) is 0.667. The maximum atomic E-state index is 12.1. The Balaban J connectivity index is 1.84. The largest absolute Gasteiger partial charge is 0.492 e. The number of hydrogen-bond donors (Lipinski definition) is 1. The molecule has 0 amide bonds. The van der Waals surface area contributed by atoms with Crippen molar-refractivity contribution < 1.29 is 13.2 Å². The summed E-state index contributed by atoms with van der Waals surface area (Å²) in [5.41, 5.74) is 1.61. The zero-order valence-corrected chi connectivity index (χ0v) is 15.6. The van der Waals surface area contributed by atoms with Gasteiger partial charge in [-0.1, -0.05) is 48.3 Å². The fourth-order valence-electron chi connectivity index (χ4n) is 2.10. The molecular weight excluding hydrogens is 369 g/mol. The molecule has 24 heavy (non-hydrogen) atoms. The van der Waals surface area contributed by atoms with E-state index in [1.807, 2.05) is 24.3 Å². The number of benzene rings is 2.